The van der Waals surface area contributed by atoms with E-state index in [9.17, 15) is 0 Å². The number of likely N-dealkylation sites (tertiary alicyclic amines) is 1. The SMILES string of the molecule is CCCC1CCN(CC2CNCC2C)CC1. The number of piperidine rings is 1. The summed E-state index contributed by atoms with van der Waals surface area (Å²) in [6.45, 7) is 11.2. The molecule has 0 aromatic carbocycles. The minimum absolute atomic E-state index is 0.883. The highest BCUT2D eigenvalue weighted by atomic mass is 15.1. The van der Waals surface area contributed by atoms with Gasteiger partial charge in [0.25, 0.3) is 0 Å². The molecule has 1 N–H and O–H groups in total. The van der Waals surface area contributed by atoms with Crippen LogP contribution in [0.1, 0.15) is 39.5 Å². The molecule has 0 aromatic rings. The lowest BCUT2D eigenvalue weighted by Gasteiger charge is -2.34. The van der Waals surface area contributed by atoms with Crippen LogP contribution in [0.25, 0.3) is 0 Å². The normalized spacial score (nSPS) is 33.4. The van der Waals surface area contributed by atoms with Gasteiger partial charge in [0, 0.05) is 6.54 Å². The summed E-state index contributed by atoms with van der Waals surface area (Å²) in [5, 5.41) is 3.51. The Morgan fingerprint density at radius 3 is 2.50 bits per heavy atom. The first kappa shape index (κ1) is 12.4. The molecule has 2 heteroatoms. The Kier molecular flexibility index (Phi) is 4.66. The molecular formula is C14H28N2. The van der Waals surface area contributed by atoms with Crippen molar-refractivity contribution in [1.82, 2.24) is 10.2 Å². The summed E-state index contributed by atoms with van der Waals surface area (Å²) < 4.78 is 0. The second kappa shape index (κ2) is 6.02. The molecule has 0 bridgehead atoms. The zero-order valence-corrected chi connectivity index (χ0v) is 11.0. The highest BCUT2D eigenvalue weighted by Crippen LogP contribution is 2.24. The predicted octanol–water partition coefficient (Wildman–Crippen LogP) is 2.35. The number of rotatable bonds is 4. The lowest BCUT2D eigenvalue weighted by molar-refractivity contribution is 0.150. The van der Waals surface area contributed by atoms with Gasteiger partial charge in [0.15, 0.2) is 0 Å². The smallest absolute Gasteiger partial charge is 0.00248 e. The molecule has 2 nitrogen and oxygen atoms in total. The van der Waals surface area contributed by atoms with Crippen LogP contribution in [-0.2, 0) is 0 Å². The van der Waals surface area contributed by atoms with Gasteiger partial charge in [0.2, 0.25) is 0 Å². The minimum Gasteiger partial charge on any atom is -0.316 e. The van der Waals surface area contributed by atoms with Gasteiger partial charge in [-0.3, -0.25) is 0 Å². The summed E-state index contributed by atoms with van der Waals surface area (Å²) in [6, 6.07) is 0. The van der Waals surface area contributed by atoms with Crippen LogP contribution in [0, 0.1) is 17.8 Å². The fraction of sp³-hybridized carbons (Fsp3) is 1.00. The van der Waals surface area contributed by atoms with Crippen LogP contribution in [0.3, 0.4) is 0 Å². The first-order valence-electron chi connectivity index (χ1n) is 7.22. The molecule has 0 saturated carbocycles. The molecule has 0 spiro atoms. The van der Waals surface area contributed by atoms with Gasteiger partial charge in [0.05, 0.1) is 0 Å². The van der Waals surface area contributed by atoms with Crippen molar-refractivity contribution in [1.29, 1.82) is 0 Å². The highest BCUT2D eigenvalue weighted by Gasteiger charge is 2.27. The molecular weight excluding hydrogens is 196 g/mol. The molecule has 2 aliphatic rings. The summed E-state index contributed by atoms with van der Waals surface area (Å²) in [4.78, 5) is 2.71. The number of nitrogens with one attached hydrogen (secondary N) is 1. The van der Waals surface area contributed by atoms with E-state index in [1.54, 1.807) is 0 Å². The van der Waals surface area contributed by atoms with Crippen molar-refractivity contribution in [2.45, 2.75) is 39.5 Å². The van der Waals surface area contributed by atoms with Crippen molar-refractivity contribution < 1.29 is 0 Å². The Hall–Kier alpha value is -0.0800. The minimum atomic E-state index is 0.883. The molecule has 16 heavy (non-hydrogen) atoms. The van der Waals surface area contributed by atoms with Crippen LogP contribution in [0.4, 0.5) is 0 Å². The van der Waals surface area contributed by atoms with Crippen molar-refractivity contribution in [2.75, 3.05) is 32.7 Å². The summed E-state index contributed by atoms with van der Waals surface area (Å²) >= 11 is 0. The van der Waals surface area contributed by atoms with Gasteiger partial charge >= 0.3 is 0 Å². The summed E-state index contributed by atoms with van der Waals surface area (Å²) in [5.41, 5.74) is 0. The Morgan fingerprint density at radius 1 is 1.19 bits per heavy atom. The highest BCUT2D eigenvalue weighted by molar-refractivity contribution is 4.82. The fourth-order valence-corrected chi connectivity index (χ4v) is 3.31. The van der Waals surface area contributed by atoms with Crippen LogP contribution in [0.5, 0.6) is 0 Å². The van der Waals surface area contributed by atoms with Crippen LogP contribution < -0.4 is 5.32 Å². The topological polar surface area (TPSA) is 15.3 Å². The van der Waals surface area contributed by atoms with Gasteiger partial charge in [-0.05, 0) is 56.8 Å². The maximum atomic E-state index is 3.51. The Morgan fingerprint density at radius 2 is 1.94 bits per heavy atom. The summed E-state index contributed by atoms with van der Waals surface area (Å²) in [5.74, 6) is 2.82. The lowest BCUT2D eigenvalue weighted by Crippen LogP contribution is -2.38. The van der Waals surface area contributed by atoms with E-state index in [1.165, 1.54) is 58.4 Å². The van der Waals surface area contributed by atoms with E-state index in [0.717, 1.165) is 17.8 Å². The molecule has 0 aromatic heterocycles. The molecule has 0 radical (unpaired) electrons. The van der Waals surface area contributed by atoms with Gasteiger partial charge < -0.3 is 10.2 Å². The fourth-order valence-electron chi connectivity index (χ4n) is 3.31. The van der Waals surface area contributed by atoms with E-state index in [0.29, 0.717) is 0 Å². The quantitative estimate of drug-likeness (QED) is 0.788. The van der Waals surface area contributed by atoms with E-state index < -0.39 is 0 Å². The van der Waals surface area contributed by atoms with Crippen LogP contribution >= 0.6 is 0 Å². The largest absolute Gasteiger partial charge is 0.316 e. The third-order valence-electron chi connectivity index (χ3n) is 4.57. The van der Waals surface area contributed by atoms with Crippen LogP contribution in [0.15, 0.2) is 0 Å². The standard InChI is InChI=1S/C14H28N2/c1-3-4-13-5-7-16(8-6-13)11-14-10-15-9-12(14)2/h12-15H,3-11H2,1-2H3. The molecule has 2 saturated heterocycles. The van der Waals surface area contributed by atoms with Crippen molar-refractivity contribution in [3.05, 3.63) is 0 Å². The van der Waals surface area contributed by atoms with Crippen molar-refractivity contribution in [3.8, 4) is 0 Å². The van der Waals surface area contributed by atoms with E-state index in [1.807, 2.05) is 0 Å². The van der Waals surface area contributed by atoms with Gasteiger partial charge in [-0.15, -0.1) is 0 Å². The first-order valence-corrected chi connectivity index (χ1v) is 7.22. The zero-order chi connectivity index (χ0) is 11.4. The Balaban J connectivity index is 1.68. The van der Waals surface area contributed by atoms with Crippen LogP contribution in [-0.4, -0.2) is 37.6 Å². The lowest BCUT2D eigenvalue weighted by atomic mass is 9.91. The second-order valence-electron chi connectivity index (χ2n) is 5.93. The number of hydrogen-bond donors (Lipinski definition) is 1. The second-order valence-corrected chi connectivity index (χ2v) is 5.93. The average Bonchev–Trinajstić information content (AvgIpc) is 2.68. The average molecular weight is 224 g/mol. The summed E-state index contributed by atoms with van der Waals surface area (Å²) in [7, 11) is 0. The van der Waals surface area contributed by atoms with E-state index in [2.05, 4.69) is 24.1 Å². The molecule has 94 valence electrons. The maximum absolute atomic E-state index is 3.51. The Bertz CT molecular complexity index is 197. The maximum Gasteiger partial charge on any atom is 0.00248 e. The van der Waals surface area contributed by atoms with Crippen LogP contribution in [0.2, 0.25) is 0 Å². The van der Waals surface area contributed by atoms with Gasteiger partial charge in [0.1, 0.15) is 0 Å². The van der Waals surface area contributed by atoms with Gasteiger partial charge in [-0.1, -0.05) is 26.7 Å². The Labute approximate surface area is 101 Å². The monoisotopic (exact) mass is 224 g/mol. The third kappa shape index (κ3) is 3.21. The van der Waals surface area contributed by atoms with E-state index in [4.69, 9.17) is 0 Å². The molecule has 0 aliphatic carbocycles. The zero-order valence-electron chi connectivity index (χ0n) is 11.0. The van der Waals surface area contributed by atoms with Crippen molar-refractivity contribution in [3.63, 3.8) is 0 Å². The summed E-state index contributed by atoms with van der Waals surface area (Å²) in [6.07, 6.45) is 5.72. The first-order chi connectivity index (χ1) is 7.79. The van der Waals surface area contributed by atoms with E-state index in [-0.39, 0.29) is 0 Å². The molecule has 2 rings (SSSR count). The third-order valence-corrected chi connectivity index (χ3v) is 4.57. The molecule has 2 unspecified atom stereocenters. The van der Waals surface area contributed by atoms with Gasteiger partial charge in [-0.25, -0.2) is 0 Å². The molecule has 2 aliphatic heterocycles. The van der Waals surface area contributed by atoms with E-state index >= 15 is 0 Å². The molecule has 2 atom stereocenters. The molecule has 0 amide bonds. The predicted molar refractivity (Wildman–Crippen MR) is 69.6 cm³/mol. The van der Waals surface area contributed by atoms with Crippen molar-refractivity contribution >= 4 is 0 Å². The van der Waals surface area contributed by atoms with Crippen molar-refractivity contribution in [2.24, 2.45) is 17.8 Å². The van der Waals surface area contributed by atoms with Gasteiger partial charge in [-0.2, -0.15) is 0 Å². The molecule has 2 fully saturated rings. The number of hydrogen-bond acceptors (Lipinski definition) is 2. The number of nitrogens with zero attached hydrogens (tertiary/aromatic N) is 1. The molecule has 2 heterocycles.